The monoisotopic (exact) mass is 197 g/mol. The van der Waals surface area contributed by atoms with E-state index in [9.17, 15) is 9.18 Å². The number of halogens is 2. The summed E-state index contributed by atoms with van der Waals surface area (Å²) in [6, 6.07) is 4.30. The maximum Gasteiger partial charge on any atom is 0.164 e. The Hall–Kier alpha value is -1.40. The molecule has 0 aliphatic carbocycles. The van der Waals surface area contributed by atoms with Crippen LogP contribution in [-0.2, 0) is 0 Å². The highest BCUT2D eigenvalue weighted by Gasteiger charge is 2.15. The van der Waals surface area contributed by atoms with Crippen molar-refractivity contribution in [2.24, 2.45) is 0 Å². The van der Waals surface area contributed by atoms with Gasteiger partial charge in [-0.1, -0.05) is 11.6 Å². The van der Waals surface area contributed by atoms with Gasteiger partial charge in [-0.3, -0.25) is 4.79 Å². The molecule has 0 N–H and O–H groups in total. The number of Topliss-reactive ketones (excluding diaryl/α,β-unsaturated/α-hetero) is 1. The van der Waals surface area contributed by atoms with Crippen LogP contribution in [0.5, 0.6) is 0 Å². The van der Waals surface area contributed by atoms with Gasteiger partial charge in [0.05, 0.1) is 22.2 Å². The molecule has 0 aliphatic heterocycles. The van der Waals surface area contributed by atoms with Crippen LogP contribution in [0, 0.1) is 17.1 Å². The Labute approximate surface area is 79.5 Å². The molecule has 0 spiro atoms. The fraction of sp³-hybridized carbons (Fsp3) is 0.111. The maximum atomic E-state index is 13.2. The second-order valence-corrected chi connectivity index (χ2v) is 2.86. The first-order chi connectivity index (χ1) is 6.07. The van der Waals surface area contributed by atoms with Gasteiger partial charge in [0.1, 0.15) is 0 Å². The van der Waals surface area contributed by atoms with Gasteiger partial charge in [-0.15, -0.1) is 0 Å². The van der Waals surface area contributed by atoms with Crippen molar-refractivity contribution in [3.8, 4) is 6.07 Å². The molecule has 1 aromatic carbocycles. The molecule has 0 aromatic heterocycles. The van der Waals surface area contributed by atoms with Gasteiger partial charge in [-0.2, -0.15) is 5.26 Å². The van der Waals surface area contributed by atoms with Crippen molar-refractivity contribution in [3.63, 3.8) is 0 Å². The van der Waals surface area contributed by atoms with Crippen molar-refractivity contribution in [1.29, 1.82) is 5.26 Å². The molecule has 13 heavy (non-hydrogen) atoms. The lowest BCUT2D eigenvalue weighted by Gasteiger charge is -2.02. The number of nitriles is 1. The zero-order chi connectivity index (χ0) is 10.0. The Kier molecular flexibility index (Phi) is 2.64. The second kappa shape index (κ2) is 3.55. The molecule has 66 valence electrons. The first-order valence-electron chi connectivity index (χ1n) is 3.47. The van der Waals surface area contributed by atoms with Gasteiger partial charge in [-0.25, -0.2) is 4.39 Å². The van der Waals surface area contributed by atoms with Crippen LogP contribution in [0.15, 0.2) is 12.1 Å². The zero-order valence-corrected chi connectivity index (χ0v) is 7.52. The standard InChI is InChI=1S/C9H5ClFNO/c1-5(13)8-6(4-12)2-3-7(10)9(8)11/h2-3H,1H3. The van der Waals surface area contributed by atoms with E-state index in [-0.39, 0.29) is 16.1 Å². The SMILES string of the molecule is CC(=O)c1c(C#N)ccc(Cl)c1F. The summed E-state index contributed by atoms with van der Waals surface area (Å²) in [7, 11) is 0. The van der Waals surface area contributed by atoms with Crippen molar-refractivity contribution >= 4 is 17.4 Å². The number of ketones is 1. The Morgan fingerprint density at radius 1 is 1.62 bits per heavy atom. The number of hydrogen-bond acceptors (Lipinski definition) is 2. The molecule has 0 radical (unpaired) electrons. The minimum absolute atomic E-state index is 0.00870. The van der Waals surface area contributed by atoms with Crippen LogP contribution in [0.25, 0.3) is 0 Å². The summed E-state index contributed by atoms with van der Waals surface area (Å²) < 4.78 is 13.2. The van der Waals surface area contributed by atoms with Gasteiger partial charge < -0.3 is 0 Å². The molecular formula is C9H5ClFNO. The van der Waals surface area contributed by atoms with Crippen LogP contribution in [0.1, 0.15) is 22.8 Å². The molecule has 0 saturated heterocycles. The number of carbonyl (C=O) groups is 1. The van der Waals surface area contributed by atoms with Crippen LogP contribution in [0.2, 0.25) is 5.02 Å². The topological polar surface area (TPSA) is 40.9 Å². The Morgan fingerprint density at radius 2 is 2.23 bits per heavy atom. The molecule has 0 heterocycles. The number of rotatable bonds is 1. The first kappa shape index (κ1) is 9.69. The summed E-state index contributed by atoms with van der Waals surface area (Å²) in [5, 5.41) is 8.42. The van der Waals surface area contributed by atoms with Crippen LogP contribution in [-0.4, -0.2) is 5.78 Å². The first-order valence-corrected chi connectivity index (χ1v) is 3.84. The Morgan fingerprint density at radius 3 is 2.69 bits per heavy atom. The summed E-state index contributed by atoms with van der Waals surface area (Å²) in [4.78, 5) is 10.9. The lowest BCUT2D eigenvalue weighted by molar-refractivity contribution is 0.101. The smallest absolute Gasteiger partial charge is 0.164 e. The fourth-order valence-corrected chi connectivity index (χ4v) is 1.15. The van der Waals surface area contributed by atoms with E-state index < -0.39 is 11.6 Å². The van der Waals surface area contributed by atoms with E-state index in [4.69, 9.17) is 16.9 Å². The van der Waals surface area contributed by atoms with Crippen molar-refractivity contribution in [2.75, 3.05) is 0 Å². The quantitative estimate of drug-likeness (QED) is 0.650. The molecule has 4 heteroatoms. The third-order valence-electron chi connectivity index (χ3n) is 1.57. The highest BCUT2D eigenvalue weighted by molar-refractivity contribution is 6.31. The van der Waals surface area contributed by atoms with E-state index in [1.54, 1.807) is 6.07 Å². The summed E-state index contributed by atoms with van der Waals surface area (Å²) in [5.74, 6) is -1.33. The number of hydrogen-bond donors (Lipinski definition) is 0. The predicted molar refractivity (Wildman–Crippen MR) is 46.1 cm³/mol. The summed E-state index contributed by atoms with van der Waals surface area (Å²) in [6.45, 7) is 1.19. The molecular weight excluding hydrogens is 193 g/mol. The highest BCUT2D eigenvalue weighted by Crippen LogP contribution is 2.21. The minimum atomic E-state index is -0.826. The zero-order valence-electron chi connectivity index (χ0n) is 6.77. The molecule has 1 rings (SSSR count). The molecule has 0 atom stereocenters. The van der Waals surface area contributed by atoms with Crippen molar-refractivity contribution in [1.82, 2.24) is 0 Å². The van der Waals surface area contributed by atoms with Crippen molar-refractivity contribution in [2.45, 2.75) is 6.92 Å². The van der Waals surface area contributed by atoms with Gasteiger partial charge in [0.15, 0.2) is 11.6 Å². The fourth-order valence-electron chi connectivity index (χ4n) is 0.988. The Balaban J connectivity index is 3.53. The average Bonchev–Trinajstić information content (AvgIpc) is 2.08. The summed E-state index contributed by atoms with van der Waals surface area (Å²) in [6.07, 6.45) is 0. The number of nitrogens with zero attached hydrogens (tertiary/aromatic N) is 1. The molecule has 0 fully saturated rings. The van der Waals surface area contributed by atoms with Gasteiger partial charge >= 0.3 is 0 Å². The summed E-state index contributed by atoms with van der Waals surface area (Å²) in [5.41, 5.74) is -0.232. The second-order valence-electron chi connectivity index (χ2n) is 2.45. The molecule has 0 unspecified atom stereocenters. The van der Waals surface area contributed by atoms with Crippen LogP contribution in [0.4, 0.5) is 4.39 Å². The highest BCUT2D eigenvalue weighted by atomic mass is 35.5. The van der Waals surface area contributed by atoms with E-state index in [1.165, 1.54) is 19.1 Å². The van der Waals surface area contributed by atoms with Crippen molar-refractivity contribution < 1.29 is 9.18 Å². The number of carbonyl (C=O) groups excluding carboxylic acids is 1. The number of benzene rings is 1. The van der Waals surface area contributed by atoms with E-state index in [0.717, 1.165) is 0 Å². The van der Waals surface area contributed by atoms with Crippen molar-refractivity contribution in [3.05, 3.63) is 34.1 Å². The Bertz CT molecular complexity index is 409. The largest absolute Gasteiger partial charge is 0.294 e. The van der Waals surface area contributed by atoms with Gasteiger partial charge in [0.25, 0.3) is 0 Å². The predicted octanol–water partition coefficient (Wildman–Crippen LogP) is 2.55. The molecule has 0 aliphatic rings. The van der Waals surface area contributed by atoms with Crippen LogP contribution >= 0.6 is 11.6 Å². The molecule has 0 saturated carbocycles. The van der Waals surface area contributed by atoms with E-state index in [1.807, 2.05) is 0 Å². The van der Waals surface area contributed by atoms with E-state index in [0.29, 0.717) is 0 Å². The van der Waals surface area contributed by atoms with Crippen LogP contribution in [0.3, 0.4) is 0 Å². The van der Waals surface area contributed by atoms with Gasteiger partial charge in [-0.05, 0) is 19.1 Å². The lowest BCUT2D eigenvalue weighted by Crippen LogP contribution is -2.01. The normalized spacial score (nSPS) is 9.38. The van der Waals surface area contributed by atoms with Crippen LogP contribution < -0.4 is 0 Å². The lowest BCUT2D eigenvalue weighted by atomic mass is 10.0. The minimum Gasteiger partial charge on any atom is -0.294 e. The van der Waals surface area contributed by atoms with E-state index in [2.05, 4.69) is 0 Å². The maximum absolute atomic E-state index is 13.2. The average molecular weight is 198 g/mol. The third kappa shape index (κ3) is 1.68. The molecule has 0 bridgehead atoms. The summed E-state index contributed by atoms with van der Waals surface area (Å²) >= 11 is 5.45. The molecule has 1 aromatic rings. The van der Waals surface area contributed by atoms with Gasteiger partial charge in [0, 0.05) is 0 Å². The third-order valence-corrected chi connectivity index (χ3v) is 1.86. The van der Waals surface area contributed by atoms with Gasteiger partial charge in [0.2, 0.25) is 0 Å². The molecule has 2 nitrogen and oxygen atoms in total. The molecule has 0 amide bonds. The van der Waals surface area contributed by atoms with E-state index >= 15 is 0 Å².